The molecular formula is C27H29F3O4. The Hall–Kier alpha value is -3.22. The minimum atomic E-state index is -4.43. The topological polar surface area (TPSA) is 66.8 Å². The molecule has 0 spiro atoms. The Morgan fingerprint density at radius 2 is 1.74 bits per heavy atom. The van der Waals surface area contributed by atoms with Crippen molar-refractivity contribution in [3.63, 3.8) is 0 Å². The number of carboxylic acid groups (broad SMARTS) is 1. The van der Waals surface area contributed by atoms with Gasteiger partial charge < -0.3 is 14.9 Å². The molecule has 0 bridgehead atoms. The monoisotopic (exact) mass is 474 g/mol. The van der Waals surface area contributed by atoms with E-state index in [0.717, 1.165) is 49.8 Å². The van der Waals surface area contributed by atoms with Crippen LogP contribution < -0.4 is 4.74 Å². The highest BCUT2D eigenvalue weighted by Gasteiger charge is 2.30. The van der Waals surface area contributed by atoms with Crippen molar-refractivity contribution in [2.45, 2.75) is 64.7 Å². The quantitative estimate of drug-likeness (QED) is 0.322. The smallest absolute Gasteiger partial charge is 0.416 e. The van der Waals surface area contributed by atoms with E-state index in [9.17, 15) is 28.2 Å². The summed E-state index contributed by atoms with van der Waals surface area (Å²) in [6.45, 7) is 3.83. The van der Waals surface area contributed by atoms with E-state index in [0.29, 0.717) is 23.3 Å². The maximum atomic E-state index is 12.8. The Bertz CT molecular complexity index is 1070. The average molecular weight is 475 g/mol. The molecule has 7 heteroatoms. The van der Waals surface area contributed by atoms with Gasteiger partial charge in [-0.05, 0) is 75.3 Å². The maximum Gasteiger partial charge on any atom is 0.416 e. The summed E-state index contributed by atoms with van der Waals surface area (Å²) < 4.78 is 44.7. The lowest BCUT2D eigenvalue weighted by atomic mass is 9.95. The highest BCUT2D eigenvalue weighted by atomic mass is 19.4. The zero-order valence-electron chi connectivity index (χ0n) is 19.3. The third-order valence-corrected chi connectivity index (χ3v) is 5.86. The van der Waals surface area contributed by atoms with Crippen molar-refractivity contribution in [1.29, 1.82) is 0 Å². The van der Waals surface area contributed by atoms with Gasteiger partial charge in [0.2, 0.25) is 0 Å². The molecule has 34 heavy (non-hydrogen) atoms. The first-order chi connectivity index (χ1) is 16.1. The number of phenols is 1. The summed E-state index contributed by atoms with van der Waals surface area (Å²) in [7, 11) is 0. The SMILES string of the molecule is CC(C)=CCc1c(OC2CCCCC2)cc(C=Cc2ccc(C(F)(F)F)cc2)c(C(=O)O)c1O. The van der Waals surface area contributed by atoms with Gasteiger partial charge in [-0.1, -0.05) is 42.4 Å². The number of alkyl halides is 3. The van der Waals surface area contributed by atoms with Crippen LogP contribution in [0.2, 0.25) is 0 Å². The molecular weight excluding hydrogens is 445 g/mol. The van der Waals surface area contributed by atoms with Crippen LogP contribution in [0, 0.1) is 0 Å². The van der Waals surface area contributed by atoms with Crippen LogP contribution in [0.5, 0.6) is 11.5 Å². The van der Waals surface area contributed by atoms with Crippen molar-refractivity contribution in [2.75, 3.05) is 0 Å². The molecule has 0 unspecified atom stereocenters. The van der Waals surface area contributed by atoms with Crippen LogP contribution in [-0.4, -0.2) is 22.3 Å². The first kappa shape index (κ1) is 25.4. The molecule has 0 amide bonds. The summed E-state index contributed by atoms with van der Waals surface area (Å²) in [5.41, 5.74) is 1.09. The fourth-order valence-electron chi connectivity index (χ4n) is 4.00. The zero-order valence-corrected chi connectivity index (χ0v) is 19.3. The van der Waals surface area contributed by atoms with Crippen LogP contribution >= 0.6 is 0 Å². The average Bonchev–Trinajstić information content (AvgIpc) is 2.77. The normalized spacial score (nSPS) is 14.9. The standard InChI is InChI=1S/C27H29F3O4/c1-17(2)8-15-22-23(34-21-6-4-3-5-7-21)16-19(24(25(22)31)26(32)33)12-9-18-10-13-20(14-11-18)27(28,29)30/h8-14,16,21,31H,3-7,15H2,1-2H3,(H,32,33). The van der Waals surface area contributed by atoms with E-state index < -0.39 is 17.7 Å². The molecule has 0 aliphatic heterocycles. The van der Waals surface area contributed by atoms with Gasteiger partial charge in [0.15, 0.2) is 0 Å². The van der Waals surface area contributed by atoms with E-state index in [4.69, 9.17) is 4.74 Å². The molecule has 2 N–H and O–H groups in total. The molecule has 0 saturated heterocycles. The fourth-order valence-corrected chi connectivity index (χ4v) is 4.00. The lowest BCUT2D eigenvalue weighted by Gasteiger charge is -2.25. The number of carbonyl (C=O) groups is 1. The Labute approximate surface area is 197 Å². The molecule has 0 radical (unpaired) electrons. The summed E-state index contributed by atoms with van der Waals surface area (Å²) in [6, 6.07) is 6.15. The summed E-state index contributed by atoms with van der Waals surface area (Å²) in [4.78, 5) is 12.0. The number of rotatable bonds is 7. The highest BCUT2D eigenvalue weighted by Crippen LogP contribution is 2.38. The zero-order chi connectivity index (χ0) is 24.9. The van der Waals surface area contributed by atoms with Crippen LogP contribution in [0.25, 0.3) is 12.2 Å². The van der Waals surface area contributed by atoms with Crippen molar-refractivity contribution in [3.05, 3.63) is 69.8 Å². The molecule has 1 aliphatic carbocycles. The first-order valence-corrected chi connectivity index (χ1v) is 11.3. The second-order valence-corrected chi connectivity index (χ2v) is 8.79. The van der Waals surface area contributed by atoms with Crippen LogP contribution in [0.4, 0.5) is 13.2 Å². The lowest BCUT2D eigenvalue weighted by Crippen LogP contribution is -2.20. The fraction of sp³-hybridized carbons (Fsp3) is 0.370. The Balaban J connectivity index is 2.03. The summed E-state index contributed by atoms with van der Waals surface area (Å²) >= 11 is 0. The summed E-state index contributed by atoms with van der Waals surface area (Å²) in [5.74, 6) is -1.23. The summed E-state index contributed by atoms with van der Waals surface area (Å²) in [5, 5.41) is 20.7. The number of carboxylic acids is 1. The van der Waals surface area contributed by atoms with Crippen LogP contribution in [-0.2, 0) is 12.6 Å². The third kappa shape index (κ3) is 6.43. The van der Waals surface area contributed by atoms with Gasteiger partial charge in [-0.3, -0.25) is 0 Å². The van der Waals surface area contributed by atoms with Gasteiger partial charge in [-0.15, -0.1) is 0 Å². The molecule has 1 aliphatic rings. The van der Waals surface area contributed by atoms with Gasteiger partial charge in [-0.2, -0.15) is 13.2 Å². The number of aromatic hydroxyl groups is 1. The Morgan fingerprint density at radius 1 is 1.09 bits per heavy atom. The molecule has 182 valence electrons. The number of benzene rings is 2. The first-order valence-electron chi connectivity index (χ1n) is 11.3. The maximum absolute atomic E-state index is 12.8. The van der Waals surface area contributed by atoms with Gasteiger partial charge in [0.25, 0.3) is 0 Å². The van der Waals surface area contributed by atoms with Crippen molar-refractivity contribution >= 4 is 18.1 Å². The Kier molecular flexibility index (Phi) is 8.07. The van der Waals surface area contributed by atoms with E-state index in [1.807, 2.05) is 19.9 Å². The van der Waals surface area contributed by atoms with Gasteiger partial charge in [0.1, 0.15) is 17.1 Å². The molecule has 3 rings (SSSR count). The minimum Gasteiger partial charge on any atom is -0.507 e. The van der Waals surface area contributed by atoms with Crippen LogP contribution in [0.3, 0.4) is 0 Å². The van der Waals surface area contributed by atoms with Crippen LogP contribution in [0.1, 0.15) is 78.6 Å². The second-order valence-electron chi connectivity index (χ2n) is 8.79. The summed E-state index contributed by atoms with van der Waals surface area (Å²) in [6.07, 6.45) is 5.78. The molecule has 2 aromatic rings. The number of hydrogen-bond donors (Lipinski definition) is 2. The van der Waals surface area contributed by atoms with Gasteiger partial charge in [-0.25, -0.2) is 4.79 Å². The predicted octanol–water partition coefficient (Wildman–Crippen LogP) is 7.50. The van der Waals surface area contributed by atoms with Crippen LogP contribution in [0.15, 0.2) is 42.0 Å². The van der Waals surface area contributed by atoms with E-state index in [2.05, 4.69) is 0 Å². The largest absolute Gasteiger partial charge is 0.507 e. The number of halogens is 3. The predicted molar refractivity (Wildman–Crippen MR) is 126 cm³/mol. The lowest BCUT2D eigenvalue weighted by molar-refractivity contribution is -0.137. The molecule has 1 fully saturated rings. The van der Waals surface area contributed by atoms with E-state index in [1.165, 1.54) is 24.3 Å². The minimum absolute atomic E-state index is 0.0129. The van der Waals surface area contributed by atoms with E-state index in [1.54, 1.807) is 6.07 Å². The molecule has 0 heterocycles. The molecule has 1 saturated carbocycles. The highest BCUT2D eigenvalue weighted by molar-refractivity contribution is 5.97. The molecule has 4 nitrogen and oxygen atoms in total. The van der Waals surface area contributed by atoms with Crippen molar-refractivity contribution < 1.29 is 32.9 Å². The van der Waals surface area contributed by atoms with Crippen molar-refractivity contribution in [3.8, 4) is 11.5 Å². The van der Waals surface area contributed by atoms with Crippen molar-refractivity contribution in [2.24, 2.45) is 0 Å². The van der Waals surface area contributed by atoms with Gasteiger partial charge in [0, 0.05) is 5.56 Å². The molecule has 0 atom stereocenters. The molecule has 0 aromatic heterocycles. The second kappa shape index (κ2) is 10.8. The third-order valence-electron chi connectivity index (χ3n) is 5.86. The molecule has 2 aromatic carbocycles. The van der Waals surface area contributed by atoms with Gasteiger partial charge in [0.05, 0.1) is 11.7 Å². The number of hydrogen-bond acceptors (Lipinski definition) is 3. The number of aromatic carboxylic acids is 1. The number of allylic oxidation sites excluding steroid dienone is 2. The van der Waals surface area contributed by atoms with E-state index in [-0.39, 0.29) is 23.0 Å². The Morgan fingerprint density at radius 3 is 2.29 bits per heavy atom. The van der Waals surface area contributed by atoms with Gasteiger partial charge >= 0.3 is 12.1 Å². The number of ether oxygens (including phenoxy) is 1. The van der Waals surface area contributed by atoms with E-state index >= 15 is 0 Å². The van der Waals surface area contributed by atoms with Crippen molar-refractivity contribution in [1.82, 2.24) is 0 Å².